The molecule has 0 aromatic heterocycles. The highest BCUT2D eigenvalue weighted by Gasteiger charge is 2.30. The van der Waals surface area contributed by atoms with Crippen LogP contribution >= 0.6 is 0 Å². The zero-order valence-electron chi connectivity index (χ0n) is 15.6. The van der Waals surface area contributed by atoms with Gasteiger partial charge in [0.25, 0.3) is 0 Å². The van der Waals surface area contributed by atoms with Gasteiger partial charge in [0.1, 0.15) is 5.82 Å². The van der Waals surface area contributed by atoms with E-state index >= 15 is 0 Å². The van der Waals surface area contributed by atoms with Crippen molar-refractivity contribution in [2.45, 2.75) is 24.3 Å². The van der Waals surface area contributed by atoms with E-state index in [1.807, 2.05) is 0 Å². The third-order valence-corrected chi connectivity index (χ3v) is 5.42. The number of rotatable bonds is 6. The summed E-state index contributed by atoms with van der Waals surface area (Å²) < 4.78 is 42.7. The van der Waals surface area contributed by atoms with Crippen LogP contribution in [0.25, 0.3) is 11.1 Å². The molecular weight excluding hydrogens is 369 g/mol. The first-order valence-corrected chi connectivity index (χ1v) is 10.0. The second-order valence-electron chi connectivity index (χ2n) is 6.64. The molecule has 0 aliphatic rings. The second kappa shape index (κ2) is 7.62. The van der Waals surface area contributed by atoms with E-state index in [9.17, 15) is 17.6 Å². The lowest BCUT2D eigenvalue weighted by Crippen LogP contribution is -2.28. The predicted octanol–water partition coefficient (Wildman–Crippen LogP) is 3.05. The fourth-order valence-corrected chi connectivity index (χ4v) is 3.45. The van der Waals surface area contributed by atoms with Crippen molar-refractivity contribution in [2.75, 3.05) is 13.4 Å². The van der Waals surface area contributed by atoms with Crippen molar-refractivity contribution in [3.05, 3.63) is 65.5 Å². The minimum Gasteiger partial charge on any atom is -0.374 e. The number of primary amides is 1. The van der Waals surface area contributed by atoms with Crippen LogP contribution in [0, 0.1) is 5.82 Å². The van der Waals surface area contributed by atoms with Gasteiger partial charge >= 0.3 is 0 Å². The summed E-state index contributed by atoms with van der Waals surface area (Å²) in [6.45, 7) is 3.49. The molecule has 1 amide bonds. The number of amides is 1. The Kier molecular flexibility index (Phi) is 5.87. The number of carbonyl (C=O) groups is 1. The van der Waals surface area contributed by atoms with Crippen molar-refractivity contribution >= 4 is 26.9 Å². The van der Waals surface area contributed by atoms with Crippen LogP contribution in [-0.2, 0) is 19.4 Å². The number of nitrogens with two attached hydrogens (primary N) is 1. The molecule has 0 saturated carbocycles. The fourth-order valence-electron chi connectivity index (χ4n) is 2.82. The summed E-state index contributed by atoms with van der Waals surface area (Å²) in [6.07, 6.45) is 1.11. The molecule has 0 aliphatic heterocycles. The Morgan fingerprint density at radius 3 is 2.11 bits per heavy atom. The Bertz CT molecular complexity index is 993. The van der Waals surface area contributed by atoms with Crippen LogP contribution in [0.2, 0.25) is 0 Å². The molecule has 0 aliphatic carbocycles. The number of hydrogen-bond acceptors (Lipinski definition) is 4. The lowest BCUT2D eigenvalue weighted by Gasteiger charge is -2.29. The fraction of sp³-hybridized carbons (Fsp3) is 0.250. The van der Waals surface area contributed by atoms with Crippen molar-refractivity contribution in [1.29, 1.82) is 0 Å². The SMILES string of the molecule is COC(C)(C)C(=C(C(N)=O)c1cccc(F)c1)c1ccc(S(C)(=O)=O)cc1. The average molecular weight is 391 g/mol. The first-order chi connectivity index (χ1) is 12.5. The van der Waals surface area contributed by atoms with Gasteiger partial charge in [-0.15, -0.1) is 0 Å². The van der Waals surface area contributed by atoms with Crippen LogP contribution in [0.4, 0.5) is 4.39 Å². The van der Waals surface area contributed by atoms with Gasteiger partial charge in [-0.3, -0.25) is 4.79 Å². The zero-order chi connectivity index (χ0) is 20.4. The largest absolute Gasteiger partial charge is 0.374 e. The molecule has 2 aromatic carbocycles. The van der Waals surface area contributed by atoms with E-state index < -0.39 is 27.2 Å². The Balaban J connectivity index is 2.84. The summed E-state index contributed by atoms with van der Waals surface area (Å²) >= 11 is 0. The maximum Gasteiger partial charge on any atom is 0.249 e. The van der Waals surface area contributed by atoms with Gasteiger partial charge in [0, 0.05) is 18.9 Å². The summed E-state index contributed by atoms with van der Waals surface area (Å²) in [4.78, 5) is 12.5. The van der Waals surface area contributed by atoms with Crippen LogP contribution in [0.5, 0.6) is 0 Å². The number of halogens is 1. The molecule has 2 aromatic rings. The Morgan fingerprint density at radius 2 is 1.67 bits per heavy atom. The molecule has 0 unspecified atom stereocenters. The van der Waals surface area contributed by atoms with Crippen LogP contribution in [-0.4, -0.2) is 33.3 Å². The van der Waals surface area contributed by atoms with Gasteiger partial charge in [-0.1, -0.05) is 24.3 Å². The lowest BCUT2D eigenvalue weighted by molar-refractivity contribution is -0.112. The Labute approximate surface area is 158 Å². The van der Waals surface area contributed by atoms with E-state index in [1.165, 1.54) is 37.4 Å². The molecule has 0 bridgehead atoms. The number of sulfone groups is 1. The number of carbonyl (C=O) groups excluding carboxylic acids is 1. The first kappa shape index (κ1) is 20.8. The van der Waals surface area contributed by atoms with Crippen LogP contribution in [0.1, 0.15) is 25.0 Å². The molecule has 0 spiro atoms. The molecule has 0 fully saturated rings. The van der Waals surface area contributed by atoms with Crippen molar-refractivity contribution in [3.8, 4) is 0 Å². The van der Waals surface area contributed by atoms with Crippen molar-refractivity contribution < 1.29 is 22.3 Å². The summed E-state index contributed by atoms with van der Waals surface area (Å²) in [5.74, 6) is -1.25. The van der Waals surface area contributed by atoms with E-state index in [1.54, 1.807) is 32.0 Å². The van der Waals surface area contributed by atoms with Gasteiger partial charge < -0.3 is 10.5 Å². The molecule has 7 heteroatoms. The van der Waals surface area contributed by atoms with Gasteiger partial charge in [-0.2, -0.15) is 0 Å². The van der Waals surface area contributed by atoms with Crippen molar-refractivity contribution in [3.63, 3.8) is 0 Å². The highest BCUT2D eigenvalue weighted by atomic mass is 32.2. The smallest absolute Gasteiger partial charge is 0.249 e. The van der Waals surface area contributed by atoms with E-state index in [0.29, 0.717) is 16.7 Å². The van der Waals surface area contributed by atoms with Gasteiger partial charge in [0.2, 0.25) is 5.91 Å². The molecule has 2 N–H and O–H groups in total. The molecule has 0 atom stereocenters. The van der Waals surface area contributed by atoms with E-state index in [-0.39, 0.29) is 10.5 Å². The number of ether oxygens (including phenoxy) is 1. The topological polar surface area (TPSA) is 86.5 Å². The highest BCUT2D eigenvalue weighted by molar-refractivity contribution is 7.90. The molecule has 0 saturated heterocycles. The van der Waals surface area contributed by atoms with Gasteiger partial charge in [-0.05, 0) is 49.2 Å². The molecule has 144 valence electrons. The van der Waals surface area contributed by atoms with Crippen LogP contribution in [0.15, 0.2) is 53.4 Å². The summed E-state index contributed by atoms with van der Waals surface area (Å²) in [7, 11) is -1.89. The van der Waals surface area contributed by atoms with Crippen molar-refractivity contribution in [2.24, 2.45) is 5.73 Å². The minimum atomic E-state index is -3.37. The monoisotopic (exact) mass is 391 g/mol. The third kappa shape index (κ3) is 4.61. The molecular formula is C20H22FNO4S. The minimum absolute atomic E-state index is 0.105. The maximum atomic E-state index is 13.7. The van der Waals surface area contributed by atoms with E-state index in [0.717, 1.165) is 6.26 Å². The van der Waals surface area contributed by atoms with Gasteiger partial charge in [0.05, 0.1) is 16.1 Å². The summed E-state index contributed by atoms with van der Waals surface area (Å²) in [5, 5.41) is 0. The summed E-state index contributed by atoms with van der Waals surface area (Å²) in [6, 6.07) is 11.6. The van der Waals surface area contributed by atoms with Gasteiger partial charge in [0.15, 0.2) is 9.84 Å². The van der Waals surface area contributed by atoms with Crippen molar-refractivity contribution in [1.82, 2.24) is 0 Å². The highest BCUT2D eigenvalue weighted by Crippen LogP contribution is 2.37. The molecule has 27 heavy (non-hydrogen) atoms. The predicted molar refractivity (Wildman–Crippen MR) is 103 cm³/mol. The van der Waals surface area contributed by atoms with Gasteiger partial charge in [-0.25, -0.2) is 12.8 Å². The quantitative estimate of drug-likeness (QED) is 0.606. The summed E-state index contributed by atoms with van der Waals surface area (Å²) in [5.41, 5.74) is 6.08. The lowest BCUT2D eigenvalue weighted by atomic mass is 9.84. The number of hydrogen-bond donors (Lipinski definition) is 1. The standard InChI is InChI=1S/C20H22FNO4S/c1-20(2,26-3)18(13-8-10-16(11-9-13)27(4,24)25)17(19(22)23)14-6-5-7-15(21)12-14/h5-12H,1-4H3,(H2,22,23). The van der Waals surface area contributed by atoms with Crippen LogP contribution < -0.4 is 5.73 Å². The molecule has 0 heterocycles. The van der Waals surface area contributed by atoms with E-state index in [4.69, 9.17) is 10.5 Å². The first-order valence-electron chi connectivity index (χ1n) is 8.13. The Hall–Kier alpha value is -2.51. The van der Waals surface area contributed by atoms with Crippen LogP contribution in [0.3, 0.4) is 0 Å². The maximum absolute atomic E-state index is 13.7. The normalized spacial score (nSPS) is 13.2. The molecule has 0 radical (unpaired) electrons. The third-order valence-electron chi connectivity index (χ3n) is 4.29. The Morgan fingerprint density at radius 1 is 1.07 bits per heavy atom. The van der Waals surface area contributed by atoms with E-state index in [2.05, 4.69) is 0 Å². The molecule has 2 rings (SSSR count). The molecule has 5 nitrogen and oxygen atoms in total. The second-order valence-corrected chi connectivity index (χ2v) is 8.65. The number of benzene rings is 2. The average Bonchev–Trinajstić information content (AvgIpc) is 2.58. The zero-order valence-corrected chi connectivity index (χ0v) is 16.4. The number of methoxy groups -OCH3 is 1.